The molecule has 0 radical (unpaired) electrons. The zero-order chi connectivity index (χ0) is 17.6. The number of piperidine rings is 1. The van der Waals surface area contributed by atoms with Gasteiger partial charge in [-0.2, -0.15) is 4.31 Å². The number of hydrogen-bond donors (Lipinski definition) is 1. The summed E-state index contributed by atoms with van der Waals surface area (Å²) in [6.07, 6.45) is 4.29. The van der Waals surface area contributed by atoms with E-state index in [4.69, 9.17) is 4.42 Å². The van der Waals surface area contributed by atoms with Crippen LogP contribution in [0.25, 0.3) is 11.1 Å². The Morgan fingerprint density at radius 3 is 2.54 bits per heavy atom. The van der Waals surface area contributed by atoms with E-state index in [1.165, 1.54) is 27.8 Å². The summed E-state index contributed by atoms with van der Waals surface area (Å²) >= 11 is 0. The zero-order valence-corrected chi connectivity index (χ0v) is 16.3. The molecule has 0 unspecified atom stereocenters. The summed E-state index contributed by atoms with van der Waals surface area (Å²) < 4.78 is 33.8. The molecule has 1 aliphatic heterocycles. The van der Waals surface area contributed by atoms with Gasteiger partial charge in [-0.3, -0.25) is 4.57 Å². The summed E-state index contributed by atoms with van der Waals surface area (Å²) in [4.78, 5) is 11.8. The molecular weight excluding hydrogens is 378 g/mol. The van der Waals surface area contributed by atoms with Crippen LogP contribution in [0.4, 0.5) is 0 Å². The van der Waals surface area contributed by atoms with Gasteiger partial charge in [0.1, 0.15) is 0 Å². The van der Waals surface area contributed by atoms with Crippen LogP contribution in [-0.4, -0.2) is 43.0 Å². The van der Waals surface area contributed by atoms with Gasteiger partial charge in [-0.15, -0.1) is 12.4 Å². The van der Waals surface area contributed by atoms with Crippen LogP contribution >= 0.6 is 12.4 Å². The number of benzene rings is 1. The standard InChI is InChI=1S/C17H23N3O4S.ClH/c1-19-15-5-4-14(10-16(15)24-17(19)21)25(22,23)20-8-6-13(7-9-20)18-11-12-2-3-12;/h4-5,10,12-13,18H,2-3,6-9,11H2,1H3;1H. The Kier molecular flexibility index (Phi) is 5.48. The average molecular weight is 402 g/mol. The SMILES string of the molecule is Cl.Cn1c(=O)oc2cc(S(=O)(=O)N3CCC(NCC4CC4)CC3)ccc21. The number of oxazole rings is 1. The highest BCUT2D eigenvalue weighted by Crippen LogP contribution is 2.28. The van der Waals surface area contributed by atoms with Crippen LogP contribution in [0.2, 0.25) is 0 Å². The quantitative estimate of drug-likeness (QED) is 0.824. The predicted molar refractivity (Wildman–Crippen MR) is 101 cm³/mol. The van der Waals surface area contributed by atoms with Crippen molar-refractivity contribution in [3.63, 3.8) is 0 Å². The van der Waals surface area contributed by atoms with Gasteiger partial charge in [0.2, 0.25) is 10.0 Å². The van der Waals surface area contributed by atoms with Crippen LogP contribution in [0.1, 0.15) is 25.7 Å². The number of hydrogen-bond acceptors (Lipinski definition) is 5. The van der Waals surface area contributed by atoms with Crippen LogP contribution in [0.3, 0.4) is 0 Å². The predicted octanol–water partition coefficient (Wildman–Crippen LogP) is 1.71. The first-order chi connectivity index (χ1) is 11.9. The molecule has 0 amide bonds. The van der Waals surface area contributed by atoms with Crippen molar-refractivity contribution in [3.8, 4) is 0 Å². The highest BCUT2D eigenvalue weighted by molar-refractivity contribution is 7.89. The van der Waals surface area contributed by atoms with Crippen molar-refractivity contribution >= 4 is 33.5 Å². The fourth-order valence-corrected chi connectivity index (χ4v) is 4.86. The third-order valence-corrected chi connectivity index (χ3v) is 7.14. The minimum Gasteiger partial charge on any atom is -0.408 e. The maximum absolute atomic E-state index is 12.9. The minimum absolute atomic E-state index is 0. The monoisotopic (exact) mass is 401 g/mol. The zero-order valence-electron chi connectivity index (χ0n) is 14.7. The molecule has 1 aliphatic carbocycles. The first-order valence-corrected chi connectivity index (χ1v) is 10.2. The molecule has 1 aromatic heterocycles. The fraction of sp³-hybridized carbons (Fsp3) is 0.588. The number of nitrogens with one attached hydrogen (secondary N) is 1. The van der Waals surface area contributed by atoms with Crippen LogP contribution in [0.15, 0.2) is 32.3 Å². The van der Waals surface area contributed by atoms with Crippen LogP contribution in [-0.2, 0) is 17.1 Å². The van der Waals surface area contributed by atoms with Crippen LogP contribution in [0, 0.1) is 5.92 Å². The third-order valence-electron chi connectivity index (χ3n) is 5.25. The van der Waals surface area contributed by atoms with Gasteiger partial charge >= 0.3 is 5.76 Å². The van der Waals surface area contributed by atoms with Crippen LogP contribution in [0.5, 0.6) is 0 Å². The second-order valence-electron chi connectivity index (χ2n) is 7.09. The molecule has 2 heterocycles. The molecule has 1 N–H and O–H groups in total. The second-order valence-corrected chi connectivity index (χ2v) is 9.02. The van der Waals surface area contributed by atoms with E-state index >= 15 is 0 Å². The summed E-state index contributed by atoms with van der Waals surface area (Å²) in [5, 5.41) is 3.55. The molecule has 2 fully saturated rings. The number of aromatic nitrogens is 1. The first-order valence-electron chi connectivity index (χ1n) is 8.78. The smallest absolute Gasteiger partial charge is 0.408 e. The summed E-state index contributed by atoms with van der Waals surface area (Å²) in [7, 11) is -1.97. The van der Waals surface area contributed by atoms with Crippen molar-refractivity contribution in [2.75, 3.05) is 19.6 Å². The minimum atomic E-state index is -3.57. The van der Waals surface area contributed by atoms with Gasteiger partial charge in [0.15, 0.2) is 5.58 Å². The van der Waals surface area contributed by atoms with E-state index in [0.717, 1.165) is 25.3 Å². The fourth-order valence-electron chi connectivity index (χ4n) is 3.38. The molecule has 2 aliphatic rings. The Morgan fingerprint density at radius 1 is 1.19 bits per heavy atom. The number of aryl methyl sites for hydroxylation is 1. The Labute approximate surface area is 158 Å². The molecule has 1 saturated heterocycles. The topological polar surface area (TPSA) is 84.5 Å². The summed E-state index contributed by atoms with van der Waals surface area (Å²) in [6, 6.07) is 5.02. The molecule has 4 rings (SSSR count). The largest absolute Gasteiger partial charge is 0.419 e. The van der Waals surface area contributed by atoms with E-state index < -0.39 is 15.8 Å². The number of rotatable bonds is 5. The normalized spacial score (nSPS) is 19.6. The van der Waals surface area contributed by atoms with Gasteiger partial charge in [-0.05, 0) is 50.3 Å². The lowest BCUT2D eigenvalue weighted by Crippen LogP contribution is -2.45. The van der Waals surface area contributed by atoms with Crippen molar-refractivity contribution < 1.29 is 12.8 Å². The maximum Gasteiger partial charge on any atom is 0.419 e. The molecule has 26 heavy (non-hydrogen) atoms. The molecule has 9 heteroatoms. The highest BCUT2D eigenvalue weighted by atomic mass is 35.5. The number of fused-ring (bicyclic) bond motifs is 1. The van der Waals surface area contributed by atoms with Gasteiger partial charge in [-0.1, -0.05) is 0 Å². The molecule has 144 valence electrons. The van der Waals surface area contributed by atoms with E-state index in [1.807, 2.05) is 0 Å². The lowest BCUT2D eigenvalue weighted by atomic mass is 10.1. The molecule has 2 aromatic rings. The first kappa shape index (κ1) is 19.4. The van der Waals surface area contributed by atoms with Crippen molar-refractivity contribution in [2.45, 2.75) is 36.6 Å². The Hall–Kier alpha value is -1.35. The molecule has 7 nitrogen and oxygen atoms in total. The van der Waals surface area contributed by atoms with Gasteiger partial charge in [0.25, 0.3) is 0 Å². The number of nitrogens with zero attached hydrogens (tertiary/aromatic N) is 2. The van der Waals surface area contributed by atoms with E-state index in [-0.39, 0.29) is 17.3 Å². The molecule has 1 saturated carbocycles. The second kappa shape index (κ2) is 7.34. The lowest BCUT2D eigenvalue weighted by Gasteiger charge is -2.31. The molecular formula is C17H24ClN3O4S. The number of halogens is 1. The van der Waals surface area contributed by atoms with Gasteiger partial charge in [0.05, 0.1) is 10.4 Å². The van der Waals surface area contributed by atoms with Gasteiger partial charge in [0, 0.05) is 32.2 Å². The Balaban J connectivity index is 0.00000196. The third kappa shape index (κ3) is 3.69. The molecule has 0 spiro atoms. The highest BCUT2D eigenvalue weighted by Gasteiger charge is 2.30. The Morgan fingerprint density at radius 2 is 1.88 bits per heavy atom. The van der Waals surface area contributed by atoms with E-state index in [2.05, 4.69) is 5.32 Å². The maximum atomic E-state index is 12.9. The lowest BCUT2D eigenvalue weighted by molar-refractivity contribution is 0.288. The van der Waals surface area contributed by atoms with Gasteiger partial charge in [-0.25, -0.2) is 13.2 Å². The van der Waals surface area contributed by atoms with Gasteiger partial charge < -0.3 is 9.73 Å². The summed E-state index contributed by atoms with van der Waals surface area (Å²) in [5.41, 5.74) is 0.890. The number of sulfonamides is 1. The average Bonchev–Trinajstić information content (AvgIpc) is 3.39. The Bertz CT molecular complexity index is 941. The van der Waals surface area contributed by atoms with Crippen LogP contribution < -0.4 is 11.1 Å². The summed E-state index contributed by atoms with van der Waals surface area (Å²) in [5.74, 6) is 0.334. The molecule has 1 aromatic carbocycles. The van der Waals surface area contributed by atoms with Crippen molar-refractivity contribution in [3.05, 3.63) is 28.7 Å². The van der Waals surface area contributed by atoms with Crippen molar-refractivity contribution in [1.82, 2.24) is 14.2 Å². The van der Waals surface area contributed by atoms with E-state index in [9.17, 15) is 13.2 Å². The van der Waals surface area contributed by atoms with Crippen molar-refractivity contribution in [2.24, 2.45) is 13.0 Å². The summed E-state index contributed by atoms with van der Waals surface area (Å²) in [6.45, 7) is 2.09. The molecule has 0 bridgehead atoms. The van der Waals surface area contributed by atoms with E-state index in [0.29, 0.717) is 30.2 Å². The van der Waals surface area contributed by atoms with E-state index in [1.54, 1.807) is 19.2 Å². The van der Waals surface area contributed by atoms with Crippen molar-refractivity contribution in [1.29, 1.82) is 0 Å². The molecule has 0 atom stereocenters.